The normalized spacial score (nSPS) is 18.0. The largest absolute Gasteiger partial charge is 0.293 e. The summed E-state index contributed by atoms with van der Waals surface area (Å²) in [7, 11) is 0. The van der Waals surface area contributed by atoms with Crippen LogP contribution in [0.5, 0.6) is 0 Å². The van der Waals surface area contributed by atoms with E-state index in [1.54, 1.807) is 11.1 Å². The number of hydrogen-bond acceptors (Lipinski definition) is 1. The van der Waals surface area contributed by atoms with Gasteiger partial charge in [0.05, 0.1) is 0 Å². The Labute approximate surface area is 128 Å². The first-order chi connectivity index (χ1) is 10.2. The van der Waals surface area contributed by atoms with Crippen LogP contribution in [0, 0.1) is 0 Å². The summed E-state index contributed by atoms with van der Waals surface area (Å²) in [5.41, 5.74) is 4.52. The third-order valence-corrected chi connectivity index (χ3v) is 4.66. The van der Waals surface area contributed by atoms with Gasteiger partial charge in [0.15, 0.2) is 0 Å². The van der Waals surface area contributed by atoms with Gasteiger partial charge in [-0.3, -0.25) is 4.90 Å². The molecule has 3 rings (SSSR count). The Kier molecular flexibility index (Phi) is 4.40. The molecule has 2 aromatic rings. The SMILES string of the molecule is CC(C)N(Cc1ccccc1)C1CCc2ccccc2C1. The Morgan fingerprint density at radius 2 is 1.62 bits per heavy atom. The summed E-state index contributed by atoms with van der Waals surface area (Å²) in [6.45, 7) is 5.71. The van der Waals surface area contributed by atoms with Crippen LogP contribution in [0.25, 0.3) is 0 Å². The summed E-state index contributed by atoms with van der Waals surface area (Å²) < 4.78 is 0. The molecule has 110 valence electrons. The van der Waals surface area contributed by atoms with Gasteiger partial charge in [0.1, 0.15) is 0 Å². The third-order valence-electron chi connectivity index (χ3n) is 4.66. The fourth-order valence-corrected chi connectivity index (χ4v) is 3.49. The quantitative estimate of drug-likeness (QED) is 0.799. The van der Waals surface area contributed by atoms with E-state index in [1.165, 1.54) is 24.8 Å². The summed E-state index contributed by atoms with van der Waals surface area (Å²) in [6.07, 6.45) is 3.70. The van der Waals surface area contributed by atoms with E-state index in [4.69, 9.17) is 0 Å². The lowest BCUT2D eigenvalue weighted by atomic mass is 9.87. The van der Waals surface area contributed by atoms with Crippen LogP contribution in [0.1, 0.15) is 37.0 Å². The fraction of sp³-hybridized carbons (Fsp3) is 0.400. The van der Waals surface area contributed by atoms with Crippen LogP contribution in [0.3, 0.4) is 0 Å². The van der Waals surface area contributed by atoms with Crippen molar-refractivity contribution in [2.75, 3.05) is 0 Å². The molecule has 1 aliphatic carbocycles. The molecule has 0 aromatic heterocycles. The number of hydrogen-bond donors (Lipinski definition) is 0. The average Bonchev–Trinajstić information content (AvgIpc) is 2.53. The van der Waals surface area contributed by atoms with E-state index in [0.29, 0.717) is 12.1 Å². The smallest absolute Gasteiger partial charge is 0.0239 e. The van der Waals surface area contributed by atoms with E-state index >= 15 is 0 Å². The van der Waals surface area contributed by atoms with Gasteiger partial charge in [0.25, 0.3) is 0 Å². The van der Waals surface area contributed by atoms with Gasteiger partial charge in [0, 0.05) is 18.6 Å². The van der Waals surface area contributed by atoms with Crippen LogP contribution in [-0.2, 0) is 19.4 Å². The summed E-state index contributed by atoms with van der Waals surface area (Å²) in [5, 5.41) is 0. The molecule has 0 saturated heterocycles. The van der Waals surface area contributed by atoms with Crippen molar-refractivity contribution in [3.8, 4) is 0 Å². The van der Waals surface area contributed by atoms with Crippen molar-refractivity contribution in [2.24, 2.45) is 0 Å². The van der Waals surface area contributed by atoms with E-state index in [0.717, 1.165) is 6.54 Å². The fourth-order valence-electron chi connectivity index (χ4n) is 3.49. The van der Waals surface area contributed by atoms with Crippen LogP contribution in [0.2, 0.25) is 0 Å². The number of nitrogens with zero attached hydrogens (tertiary/aromatic N) is 1. The molecule has 1 heteroatoms. The van der Waals surface area contributed by atoms with E-state index in [2.05, 4.69) is 73.3 Å². The van der Waals surface area contributed by atoms with E-state index < -0.39 is 0 Å². The minimum absolute atomic E-state index is 0.584. The van der Waals surface area contributed by atoms with Crippen molar-refractivity contribution in [3.05, 3.63) is 71.3 Å². The summed E-state index contributed by atoms with van der Waals surface area (Å²) in [6, 6.07) is 21.1. The minimum Gasteiger partial charge on any atom is -0.293 e. The standard InChI is InChI=1S/C20H25N/c1-16(2)21(15-17-8-4-3-5-9-17)20-13-12-18-10-6-7-11-19(18)14-20/h3-11,16,20H,12-15H2,1-2H3. The molecule has 1 aliphatic rings. The Hall–Kier alpha value is -1.60. The van der Waals surface area contributed by atoms with Gasteiger partial charge >= 0.3 is 0 Å². The molecule has 0 bridgehead atoms. The topological polar surface area (TPSA) is 3.24 Å². The molecular formula is C20H25N. The molecule has 0 radical (unpaired) electrons. The van der Waals surface area contributed by atoms with Gasteiger partial charge in [-0.05, 0) is 49.8 Å². The molecular weight excluding hydrogens is 254 g/mol. The summed E-state index contributed by atoms with van der Waals surface area (Å²) in [4.78, 5) is 2.67. The predicted molar refractivity (Wildman–Crippen MR) is 89.4 cm³/mol. The predicted octanol–water partition coefficient (Wildman–Crippen LogP) is 4.45. The first kappa shape index (κ1) is 14.3. The second kappa shape index (κ2) is 6.44. The molecule has 2 aromatic carbocycles. The monoisotopic (exact) mass is 279 g/mol. The molecule has 1 unspecified atom stereocenters. The van der Waals surface area contributed by atoms with Crippen LogP contribution in [-0.4, -0.2) is 17.0 Å². The number of fused-ring (bicyclic) bond motifs is 1. The maximum absolute atomic E-state index is 2.67. The highest BCUT2D eigenvalue weighted by molar-refractivity contribution is 5.30. The lowest BCUT2D eigenvalue weighted by Gasteiger charge is -2.38. The number of aryl methyl sites for hydroxylation is 1. The zero-order valence-electron chi connectivity index (χ0n) is 13.1. The zero-order chi connectivity index (χ0) is 14.7. The van der Waals surface area contributed by atoms with E-state index in [1.807, 2.05) is 0 Å². The average molecular weight is 279 g/mol. The lowest BCUT2D eigenvalue weighted by Crippen LogP contribution is -2.43. The van der Waals surface area contributed by atoms with Gasteiger partial charge in [-0.25, -0.2) is 0 Å². The van der Waals surface area contributed by atoms with Gasteiger partial charge < -0.3 is 0 Å². The van der Waals surface area contributed by atoms with Crippen molar-refractivity contribution in [1.29, 1.82) is 0 Å². The molecule has 0 aliphatic heterocycles. The first-order valence-electron chi connectivity index (χ1n) is 8.10. The maximum Gasteiger partial charge on any atom is 0.0239 e. The van der Waals surface area contributed by atoms with Crippen molar-refractivity contribution in [2.45, 2.75) is 51.7 Å². The maximum atomic E-state index is 2.67. The van der Waals surface area contributed by atoms with E-state index in [9.17, 15) is 0 Å². The van der Waals surface area contributed by atoms with Crippen molar-refractivity contribution in [3.63, 3.8) is 0 Å². The minimum atomic E-state index is 0.584. The molecule has 0 amide bonds. The van der Waals surface area contributed by atoms with Crippen LogP contribution in [0.4, 0.5) is 0 Å². The Morgan fingerprint density at radius 1 is 0.952 bits per heavy atom. The highest BCUT2D eigenvalue weighted by Gasteiger charge is 2.25. The van der Waals surface area contributed by atoms with Crippen LogP contribution < -0.4 is 0 Å². The Bertz CT molecular complexity index is 573. The van der Waals surface area contributed by atoms with Crippen molar-refractivity contribution in [1.82, 2.24) is 4.90 Å². The molecule has 0 N–H and O–H groups in total. The van der Waals surface area contributed by atoms with Crippen molar-refractivity contribution < 1.29 is 0 Å². The van der Waals surface area contributed by atoms with Gasteiger partial charge in [-0.1, -0.05) is 54.6 Å². The lowest BCUT2D eigenvalue weighted by molar-refractivity contribution is 0.131. The second-order valence-electron chi connectivity index (χ2n) is 6.42. The number of rotatable bonds is 4. The summed E-state index contributed by atoms with van der Waals surface area (Å²) in [5.74, 6) is 0. The number of benzene rings is 2. The first-order valence-corrected chi connectivity index (χ1v) is 8.10. The Balaban J connectivity index is 1.76. The molecule has 1 atom stereocenters. The molecule has 1 nitrogen and oxygen atoms in total. The van der Waals surface area contributed by atoms with Crippen LogP contribution >= 0.6 is 0 Å². The second-order valence-corrected chi connectivity index (χ2v) is 6.42. The highest BCUT2D eigenvalue weighted by atomic mass is 15.2. The molecule has 0 spiro atoms. The molecule has 0 heterocycles. The molecule has 0 saturated carbocycles. The summed E-state index contributed by atoms with van der Waals surface area (Å²) >= 11 is 0. The van der Waals surface area contributed by atoms with E-state index in [-0.39, 0.29) is 0 Å². The highest BCUT2D eigenvalue weighted by Crippen LogP contribution is 2.26. The van der Waals surface area contributed by atoms with Crippen LogP contribution in [0.15, 0.2) is 54.6 Å². The van der Waals surface area contributed by atoms with Crippen molar-refractivity contribution >= 4 is 0 Å². The third kappa shape index (κ3) is 3.36. The Morgan fingerprint density at radius 3 is 2.33 bits per heavy atom. The van der Waals surface area contributed by atoms with Gasteiger partial charge in [-0.2, -0.15) is 0 Å². The molecule has 0 fully saturated rings. The molecule has 21 heavy (non-hydrogen) atoms. The van der Waals surface area contributed by atoms with Gasteiger partial charge in [-0.15, -0.1) is 0 Å². The zero-order valence-corrected chi connectivity index (χ0v) is 13.1. The van der Waals surface area contributed by atoms with Gasteiger partial charge in [0.2, 0.25) is 0 Å².